The molecule has 7 nitrogen and oxygen atoms in total. The Balaban J connectivity index is 0.000000237. The number of fused-ring (bicyclic) bond motifs is 1. The molecule has 31 heavy (non-hydrogen) atoms. The molecule has 0 amide bonds. The number of morpholine rings is 1. The van der Waals surface area contributed by atoms with E-state index in [-0.39, 0.29) is 0 Å². The Morgan fingerprint density at radius 3 is 2.61 bits per heavy atom. The average molecular weight is 429 g/mol. The molecule has 0 bridgehead atoms. The van der Waals surface area contributed by atoms with Gasteiger partial charge in [0.25, 0.3) is 0 Å². The van der Waals surface area contributed by atoms with Gasteiger partial charge in [-0.2, -0.15) is 0 Å². The van der Waals surface area contributed by atoms with Crippen molar-refractivity contribution in [1.29, 1.82) is 0 Å². The molecule has 2 aromatic heterocycles. The lowest BCUT2D eigenvalue weighted by Gasteiger charge is -2.26. The van der Waals surface area contributed by atoms with E-state index in [1.54, 1.807) is 0 Å². The third-order valence-corrected chi connectivity index (χ3v) is 5.18. The Hall–Kier alpha value is -2.09. The number of nitrogens with one attached hydrogen (secondary N) is 2. The van der Waals surface area contributed by atoms with Crippen LogP contribution in [0.4, 0.5) is 5.82 Å². The number of aryl methyl sites for hydroxylation is 3. The molecular weight excluding hydrogens is 388 g/mol. The summed E-state index contributed by atoms with van der Waals surface area (Å²) in [6, 6.07) is 6.23. The van der Waals surface area contributed by atoms with E-state index in [0.29, 0.717) is 0 Å². The normalized spacial score (nSPS) is 15.6. The van der Waals surface area contributed by atoms with Crippen molar-refractivity contribution in [2.45, 2.75) is 53.0 Å². The first-order chi connectivity index (χ1) is 15.2. The summed E-state index contributed by atoms with van der Waals surface area (Å²) in [6.07, 6.45) is 6.99. The quantitative estimate of drug-likeness (QED) is 0.731. The first-order valence-electron chi connectivity index (χ1n) is 11.7. The van der Waals surface area contributed by atoms with Crippen LogP contribution in [0.1, 0.15) is 49.5 Å². The minimum absolute atomic E-state index is 0.765. The van der Waals surface area contributed by atoms with Crippen LogP contribution in [0, 0.1) is 6.92 Å². The van der Waals surface area contributed by atoms with Crippen LogP contribution in [0.3, 0.4) is 0 Å². The smallest absolute Gasteiger partial charge is 0.130 e. The molecule has 3 heterocycles. The fraction of sp³-hybridized carbons (Fsp3) is 0.625. The Morgan fingerprint density at radius 1 is 1.10 bits per heavy atom. The molecule has 2 aliphatic rings. The highest BCUT2D eigenvalue weighted by Crippen LogP contribution is 2.17. The summed E-state index contributed by atoms with van der Waals surface area (Å²) < 4.78 is 5.33. The first kappa shape index (κ1) is 25.2. The molecule has 1 fully saturated rings. The Labute approximate surface area is 188 Å². The highest BCUT2D eigenvalue weighted by Gasteiger charge is 2.10. The number of aromatic nitrogens is 3. The van der Waals surface area contributed by atoms with Gasteiger partial charge in [0, 0.05) is 50.7 Å². The lowest BCUT2D eigenvalue weighted by molar-refractivity contribution is 0.0398. The zero-order valence-electron chi connectivity index (χ0n) is 19.8. The number of pyridine rings is 1. The zero-order chi connectivity index (χ0) is 22.3. The molecule has 0 unspecified atom stereocenters. The van der Waals surface area contributed by atoms with E-state index in [2.05, 4.69) is 36.6 Å². The van der Waals surface area contributed by atoms with Crippen molar-refractivity contribution in [1.82, 2.24) is 25.2 Å². The summed E-state index contributed by atoms with van der Waals surface area (Å²) >= 11 is 0. The Morgan fingerprint density at radius 2 is 1.87 bits per heavy atom. The van der Waals surface area contributed by atoms with Gasteiger partial charge in [-0.15, -0.1) is 0 Å². The van der Waals surface area contributed by atoms with Crippen LogP contribution in [0.2, 0.25) is 0 Å². The molecule has 0 spiro atoms. The summed E-state index contributed by atoms with van der Waals surface area (Å²) in [7, 11) is 1.92. The van der Waals surface area contributed by atoms with Gasteiger partial charge in [-0.25, -0.2) is 9.97 Å². The molecule has 0 radical (unpaired) electrons. The van der Waals surface area contributed by atoms with Crippen molar-refractivity contribution in [2.24, 2.45) is 0 Å². The monoisotopic (exact) mass is 428 g/mol. The number of rotatable bonds is 6. The zero-order valence-corrected chi connectivity index (χ0v) is 19.8. The van der Waals surface area contributed by atoms with Crippen molar-refractivity contribution in [3.05, 3.63) is 47.2 Å². The van der Waals surface area contributed by atoms with Gasteiger partial charge in [0.15, 0.2) is 0 Å². The summed E-state index contributed by atoms with van der Waals surface area (Å²) in [5.41, 5.74) is 3.81. The van der Waals surface area contributed by atoms with Crippen LogP contribution >= 0.6 is 0 Å². The Kier molecular flexibility index (Phi) is 12.0. The largest absolute Gasteiger partial charge is 0.379 e. The molecule has 4 rings (SSSR count). The van der Waals surface area contributed by atoms with Gasteiger partial charge < -0.3 is 15.4 Å². The fourth-order valence-corrected chi connectivity index (χ4v) is 3.69. The van der Waals surface area contributed by atoms with E-state index in [4.69, 9.17) is 4.74 Å². The fourth-order valence-electron chi connectivity index (χ4n) is 3.69. The van der Waals surface area contributed by atoms with Crippen molar-refractivity contribution in [2.75, 3.05) is 51.8 Å². The maximum absolute atomic E-state index is 5.33. The van der Waals surface area contributed by atoms with E-state index in [1.165, 1.54) is 36.9 Å². The Bertz CT molecular complexity index is 724. The summed E-state index contributed by atoms with van der Waals surface area (Å²) in [5.74, 6) is 1.72. The van der Waals surface area contributed by atoms with Crippen molar-refractivity contribution >= 4 is 5.82 Å². The van der Waals surface area contributed by atoms with Crippen LogP contribution < -0.4 is 10.6 Å². The molecule has 2 aromatic rings. The molecule has 0 aromatic carbocycles. The van der Waals surface area contributed by atoms with Gasteiger partial charge in [0.2, 0.25) is 0 Å². The maximum atomic E-state index is 5.33. The lowest BCUT2D eigenvalue weighted by Crippen LogP contribution is -2.39. The summed E-state index contributed by atoms with van der Waals surface area (Å²) in [5, 5.41) is 6.48. The molecule has 172 valence electrons. The lowest BCUT2D eigenvalue weighted by atomic mass is 9.96. The van der Waals surface area contributed by atoms with Crippen molar-refractivity contribution in [3.8, 4) is 0 Å². The van der Waals surface area contributed by atoms with Crippen molar-refractivity contribution < 1.29 is 4.74 Å². The average Bonchev–Trinajstić information content (AvgIpc) is 2.82. The maximum Gasteiger partial charge on any atom is 0.130 e. The number of nitrogens with zero attached hydrogens (tertiary/aromatic N) is 4. The van der Waals surface area contributed by atoms with Gasteiger partial charge in [-0.1, -0.05) is 19.9 Å². The number of ether oxygens (including phenoxy) is 1. The number of hydrogen-bond donors (Lipinski definition) is 2. The standard InChI is InChI=1S/C13H23N5O.C9H11N.C2H6/c1-11-16-12(10-14-2)9-13(17-11)15-3-4-18-5-7-19-8-6-18;1-2-6-9-8(4-1)5-3-7-10-9;1-2/h9,14H,3-8,10H2,1-2H3,(H,15,16,17);3,5,7H,1-2,4,6H2;1-2H3. The molecule has 7 heteroatoms. The molecule has 1 saturated heterocycles. The second kappa shape index (κ2) is 14.8. The predicted molar refractivity (Wildman–Crippen MR) is 128 cm³/mol. The molecule has 1 aliphatic heterocycles. The highest BCUT2D eigenvalue weighted by atomic mass is 16.5. The molecule has 0 atom stereocenters. The van der Waals surface area contributed by atoms with Crippen LogP contribution in [0.15, 0.2) is 24.4 Å². The molecular formula is C24H40N6O. The van der Waals surface area contributed by atoms with Gasteiger partial charge in [0.05, 0.1) is 18.9 Å². The van der Waals surface area contributed by atoms with Gasteiger partial charge in [-0.05, 0) is 51.3 Å². The molecule has 2 N–H and O–H groups in total. The predicted octanol–water partition coefficient (Wildman–Crippen LogP) is 3.24. The molecule has 1 aliphatic carbocycles. The van der Waals surface area contributed by atoms with Gasteiger partial charge in [-0.3, -0.25) is 9.88 Å². The van der Waals surface area contributed by atoms with Gasteiger partial charge in [0.1, 0.15) is 11.6 Å². The van der Waals surface area contributed by atoms with E-state index in [1.807, 2.05) is 46.1 Å². The van der Waals surface area contributed by atoms with E-state index in [9.17, 15) is 0 Å². The third kappa shape index (κ3) is 9.29. The molecule has 0 saturated carbocycles. The van der Waals surface area contributed by atoms with E-state index >= 15 is 0 Å². The summed E-state index contributed by atoms with van der Waals surface area (Å²) in [4.78, 5) is 15.5. The second-order valence-corrected chi connectivity index (χ2v) is 7.52. The highest BCUT2D eigenvalue weighted by molar-refractivity contribution is 5.36. The number of anilines is 1. The van der Waals surface area contributed by atoms with Crippen LogP contribution in [0.5, 0.6) is 0 Å². The van der Waals surface area contributed by atoms with Gasteiger partial charge >= 0.3 is 0 Å². The van der Waals surface area contributed by atoms with E-state index in [0.717, 1.165) is 63.3 Å². The number of hydrogen-bond acceptors (Lipinski definition) is 7. The summed E-state index contributed by atoms with van der Waals surface area (Å²) in [6.45, 7) is 12.3. The van der Waals surface area contributed by atoms with Crippen LogP contribution in [0.25, 0.3) is 0 Å². The van der Waals surface area contributed by atoms with E-state index < -0.39 is 0 Å². The third-order valence-electron chi connectivity index (χ3n) is 5.18. The topological polar surface area (TPSA) is 75.2 Å². The minimum atomic E-state index is 0.765. The minimum Gasteiger partial charge on any atom is -0.379 e. The van der Waals surface area contributed by atoms with Crippen molar-refractivity contribution in [3.63, 3.8) is 0 Å². The first-order valence-corrected chi connectivity index (χ1v) is 11.7. The second-order valence-electron chi connectivity index (χ2n) is 7.52. The van der Waals surface area contributed by atoms with Crippen LogP contribution in [-0.2, 0) is 24.1 Å². The SMILES string of the molecule is CC.CNCc1cc(NCCN2CCOCC2)nc(C)n1.c1cnc2c(c1)CCCC2. The van der Waals surface area contributed by atoms with Crippen LogP contribution in [-0.4, -0.2) is 66.3 Å².